The lowest BCUT2D eigenvalue weighted by atomic mass is 10.1. The Labute approximate surface area is 118 Å². The van der Waals surface area contributed by atoms with E-state index in [2.05, 4.69) is 0 Å². The molecule has 0 aliphatic rings. The molecule has 2 rings (SSSR count). The molecule has 0 saturated carbocycles. The van der Waals surface area contributed by atoms with Crippen LogP contribution in [0.25, 0.3) is 0 Å². The van der Waals surface area contributed by atoms with Gasteiger partial charge in [-0.3, -0.25) is 4.79 Å². The second-order valence-electron chi connectivity index (χ2n) is 4.75. The summed E-state index contributed by atoms with van der Waals surface area (Å²) in [5, 5.41) is 0. The molecule has 2 aromatic rings. The molecule has 0 amide bonds. The van der Waals surface area contributed by atoms with Gasteiger partial charge in [-0.1, -0.05) is 18.2 Å². The van der Waals surface area contributed by atoms with Crippen molar-refractivity contribution in [2.75, 3.05) is 11.4 Å². The number of rotatable bonds is 4. The highest BCUT2D eigenvalue weighted by Crippen LogP contribution is 2.30. The number of hydrogen-bond acceptors (Lipinski definition) is 2. The van der Waals surface area contributed by atoms with Crippen LogP contribution in [0, 0.1) is 12.7 Å². The lowest BCUT2D eigenvalue weighted by Crippen LogP contribution is -2.18. The van der Waals surface area contributed by atoms with Crippen LogP contribution in [0.5, 0.6) is 0 Å². The highest BCUT2D eigenvalue weighted by Gasteiger charge is 2.15. The molecule has 0 aromatic heterocycles. The first kappa shape index (κ1) is 14.3. The van der Waals surface area contributed by atoms with Crippen molar-refractivity contribution in [3.8, 4) is 0 Å². The summed E-state index contributed by atoms with van der Waals surface area (Å²) in [5.41, 5.74) is 2.95. The van der Waals surface area contributed by atoms with Gasteiger partial charge in [-0.2, -0.15) is 0 Å². The number of aryl methyl sites for hydroxylation is 1. The summed E-state index contributed by atoms with van der Waals surface area (Å²) in [6, 6.07) is 12.5. The molecule has 0 saturated heterocycles. The minimum atomic E-state index is -0.372. The molecule has 0 bridgehead atoms. The van der Waals surface area contributed by atoms with E-state index in [1.54, 1.807) is 12.1 Å². The smallest absolute Gasteiger partial charge is 0.159 e. The van der Waals surface area contributed by atoms with E-state index in [9.17, 15) is 9.18 Å². The number of para-hydroxylation sites is 1. The van der Waals surface area contributed by atoms with E-state index in [1.807, 2.05) is 43.0 Å². The van der Waals surface area contributed by atoms with Gasteiger partial charge in [0.25, 0.3) is 0 Å². The van der Waals surface area contributed by atoms with Crippen molar-refractivity contribution in [3.63, 3.8) is 0 Å². The first-order valence-electron chi connectivity index (χ1n) is 6.68. The molecule has 20 heavy (non-hydrogen) atoms. The Morgan fingerprint density at radius 3 is 2.40 bits per heavy atom. The van der Waals surface area contributed by atoms with Crippen LogP contribution in [0.4, 0.5) is 15.8 Å². The van der Waals surface area contributed by atoms with Crippen molar-refractivity contribution in [2.45, 2.75) is 20.8 Å². The quantitative estimate of drug-likeness (QED) is 0.763. The van der Waals surface area contributed by atoms with E-state index in [0.29, 0.717) is 17.8 Å². The average Bonchev–Trinajstić information content (AvgIpc) is 2.43. The van der Waals surface area contributed by atoms with Gasteiger partial charge >= 0.3 is 0 Å². The zero-order valence-corrected chi connectivity index (χ0v) is 12.0. The van der Waals surface area contributed by atoms with Gasteiger partial charge in [-0.25, -0.2) is 4.39 Å². The van der Waals surface area contributed by atoms with Gasteiger partial charge < -0.3 is 4.90 Å². The number of anilines is 2. The minimum absolute atomic E-state index is 0.130. The van der Waals surface area contributed by atoms with Gasteiger partial charge in [-0.15, -0.1) is 0 Å². The summed E-state index contributed by atoms with van der Waals surface area (Å²) in [6.45, 7) is 6.07. The second-order valence-corrected chi connectivity index (χ2v) is 4.75. The van der Waals surface area contributed by atoms with Crippen LogP contribution in [0.2, 0.25) is 0 Å². The summed E-state index contributed by atoms with van der Waals surface area (Å²) in [4.78, 5) is 13.2. The summed E-state index contributed by atoms with van der Waals surface area (Å²) < 4.78 is 14.3. The van der Waals surface area contributed by atoms with E-state index in [1.165, 1.54) is 13.0 Å². The van der Waals surface area contributed by atoms with Gasteiger partial charge in [-0.05, 0) is 50.6 Å². The van der Waals surface area contributed by atoms with Gasteiger partial charge in [0.05, 0.1) is 5.69 Å². The zero-order valence-electron chi connectivity index (χ0n) is 12.0. The number of carbonyl (C=O) groups excluding carboxylic acids is 1. The van der Waals surface area contributed by atoms with Crippen LogP contribution < -0.4 is 4.90 Å². The van der Waals surface area contributed by atoms with Crippen molar-refractivity contribution in [1.29, 1.82) is 0 Å². The summed E-state index contributed by atoms with van der Waals surface area (Å²) in [6.07, 6.45) is 0. The Kier molecular flexibility index (Phi) is 4.18. The Bertz CT molecular complexity index is 637. The standard InChI is InChI=1S/C17H18FNO/c1-4-19(16-8-6-5-7-12(16)2)17-10-9-14(13(3)20)11-15(17)18/h5-11H,4H2,1-3H3. The van der Waals surface area contributed by atoms with Gasteiger partial charge in [0.1, 0.15) is 5.82 Å². The van der Waals surface area contributed by atoms with Crippen molar-refractivity contribution in [3.05, 3.63) is 59.4 Å². The maximum Gasteiger partial charge on any atom is 0.159 e. The lowest BCUT2D eigenvalue weighted by molar-refractivity contribution is 0.101. The van der Waals surface area contributed by atoms with E-state index in [-0.39, 0.29) is 11.6 Å². The van der Waals surface area contributed by atoms with E-state index < -0.39 is 0 Å². The number of Topliss-reactive ketones (excluding diaryl/α,β-unsaturated/α-hetero) is 1. The molecule has 0 fully saturated rings. The molecule has 0 radical (unpaired) electrons. The molecule has 0 aliphatic heterocycles. The van der Waals surface area contributed by atoms with E-state index >= 15 is 0 Å². The SMILES string of the molecule is CCN(c1ccccc1C)c1ccc(C(C)=O)cc1F. The number of carbonyl (C=O) groups is 1. The molecule has 0 unspecified atom stereocenters. The molecular formula is C17H18FNO. The highest BCUT2D eigenvalue weighted by atomic mass is 19.1. The Hall–Kier alpha value is -2.16. The van der Waals surface area contributed by atoms with Crippen LogP contribution in [-0.2, 0) is 0 Å². The number of halogens is 1. The average molecular weight is 271 g/mol. The van der Waals surface area contributed by atoms with Crippen LogP contribution in [0.15, 0.2) is 42.5 Å². The van der Waals surface area contributed by atoms with Gasteiger partial charge in [0.2, 0.25) is 0 Å². The summed E-state index contributed by atoms with van der Waals surface area (Å²) >= 11 is 0. The van der Waals surface area contributed by atoms with Crippen LogP contribution in [0.3, 0.4) is 0 Å². The zero-order chi connectivity index (χ0) is 14.7. The third-order valence-electron chi connectivity index (χ3n) is 3.37. The molecule has 0 spiro atoms. The van der Waals surface area contributed by atoms with Crippen molar-refractivity contribution in [1.82, 2.24) is 0 Å². The molecule has 2 nitrogen and oxygen atoms in total. The molecule has 0 heterocycles. The first-order chi connectivity index (χ1) is 9.54. The van der Waals surface area contributed by atoms with Crippen molar-refractivity contribution < 1.29 is 9.18 Å². The van der Waals surface area contributed by atoms with Crippen LogP contribution >= 0.6 is 0 Å². The highest BCUT2D eigenvalue weighted by molar-refractivity contribution is 5.94. The first-order valence-corrected chi connectivity index (χ1v) is 6.68. The van der Waals surface area contributed by atoms with Crippen LogP contribution in [0.1, 0.15) is 29.8 Å². The molecule has 104 valence electrons. The van der Waals surface area contributed by atoms with Gasteiger partial charge in [0.15, 0.2) is 5.78 Å². The maximum absolute atomic E-state index is 14.3. The fourth-order valence-corrected chi connectivity index (χ4v) is 2.28. The summed E-state index contributed by atoms with van der Waals surface area (Å²) in [7, 11) is 0. The molecule has 2 aromatic carbocycles. The molecule has 0 atom stereocenters. The number of ketones is 1. The number of nitrogens with zero attached hydrogens (tertiary/aromatic N) is 1. The third kappa shape index (κ3) is 2.72. The maximum atomic E-state index is 14.3. The molecule has 0 aliphatic carbocycles. The molecule has 3 heteroatoms. The topological polar surface area (TPSA) is 20.3 Å². The fourth-order valence-electron chi connectivity index (χ4n) is 2.28. The monoisotopic (exact) mass is 271 g/mol. The number of hydrogen-bond donors (Lipinski definition) is 0. The summed E-state index contributed by atoms with van der Waals surface area (Å²) in [5.74, 6) is -0.503. The predicted molar refractivity (Wildman–Crippen MR) is 80.3 cm³/mol. The van der Waals surface area contributed by atoms with Crippen LogP contribution in [-0.4, -0.2) is 12.3 Å². The largest absolute Gasteiger partial charge is 0.339 e. The Morgan fingerprint density at radius 2 is 1.85 bits per heavy atom. The predicted octanol–water partition coefficient (Wildman–Crippen LogP) is 4.49. The normalized spacial score (nSPS) is 10.4. The lowest BCUT2D eigenvalue weighted by Gasteiger charge is -2.25. The van der Waals surface area contributed by atoms with Crippen molar-refractivity contribution in [2.24, 2.45) is 0 Å². The van der Waals surface area contributed by atoms with Crippen molar-refractivity contribution >= 4 is 17.2 Å². The van der Waals surface area contributed by atoms with E-state index in [0.717, 1.165) is 11.3 Å². The molecular weight excluding hydrogens is 253 g/mol. The second kappa shape index (κ2) is 5.87. The molecule has 0 N–H and O–H groups in total. The Morgan fingerprint density at radius 1 is 1.15 bits per heavy atom. The van der Waals surface area contributed by atoms with E-state index in [4.69, 9.17) is 0 Å². The Balaban J connectivity index is 2.48. The number of benzene rings is 2. The third-order valence-corrected chi connectivity index (χ3v) is 3.37. The minimum Gasteiger partial charge on any atom is -0.339 e. The fraction of sp³-hybridized carbons (Fsp3) is 0.235. The van der Waals surface area contributed by atoms with Gasteiger partial charge in [0, 0.05) is 17.8 Å².